The van der Waals surface area contributed by atoms with Gasteiger partial charge >= 0.3 is 12.0 Å². The third kappa shape index (κ3) is 4.60. The molecule has 8 nitrogen and oxygen atoms in total. The van der Waals surface area contributed by atoms with Crippen molar-refractivity contribution >= 4 is 63.4 Å². The molecule has 11 heteroatoms. The van der Waals surface area contributed by atoms with Crippen molar-refractivity contribution in [3.8, 4) is 0 Å². The van der Waals surface area contributed by atoms with Crippen LogP contribution in [0.4, 0.5) is 9.80 Å². The maximum absolute atomic E-state index is 13.0. The summed E-state index contributed by atoms with van der Waals surface area (Å²) in [5.74, 6) is -1.79. The number of nitrogens with one attached hydrogen (secondary N) is 2. The van der Waals surface area contributed by atoms with Crippen LogP contribution in [0.15, 0.2) is 24.3 Å². The molecule has 0 saturated carbocycles. The number of esters is 1. The van der Waals surface area contributed by atoms with Crippen molar-refractivity contribution in [1.82, 2.24) is 10.2 Å². The normalized spacial score (nSPS) is 18.0. The molecule has 1 aromatic carbocycles. The van der Waals surface area contributed by atoms with Gasteiger partial charge in [-0.1, -0.05) is 36.2 Å². The Morgan fingerprint density at radius 3 is 2.53 bits per heavy atom. The topological polar surface area (TPSA) is 105 Å². The van der Waals surface area contributed by atoms with Crippen molar-refractivity contribution in [1.29, 1.82) is 0 Å². The Kier molecular flexibility index (Phi) is 7.12. The van der Waals surface area contributed by atoms with Gasteiger partial charge in [-0.05, 0) is 44.0 Å². The first-order valence-electron chi connectivity index (χ1n) is 9.80. The first-order chi connectivity index (χ1) is 15.1. The lowest BCUT2D eigenvalue weighted by Gasteiger charge is -2.22. The smallest absolute Gasteiger partial charge is 0.341 e. The maximum Gasteiger partial charge on any atom is 0.341 e. The average Bonchev–Trinajstić information content (AvgIpc) is 3.24. The van der Waals surface area contributed by atoms with E-state index in [1.165, 1.54) is 30.4 Å². The van der Waals surface area contributed by atoms with Gasteiger partial charge in [0.15, 0.2) is 0 Å². The van der Waals surface area contributed by atoms with Crippen LogP contribution in [0.2, 0.25) is 10.0 Å². The summed E-state index contributed by atoms with van der Waals surface area (Å²) in [6, 6.07) is 5.55. The number of hydrogen-bond donors (Lipinski definition) is 2. The van der Waals surface area contributed by atoms with Crippen molar-refractivity contribution in [2.45, 2.75) is 32.7 Å². The summed E-state index contributed by atoms with van der Waals surface area (Å²) in [5.41, 5.74) is -0.733. The van der Waals surface area contributed by atoms with E-state index in [1.807, 2.05) is 6.92 Å². The van der Waals surface area contributed by atoms with Gasteiger partial charge in [0.2, 0.25) is 5.91 Å². The van der Waals surface area contributed by atoms with Gasteiger partial charge in [-0.15, -0.1) is 11.3 Å². The van der Waals surface area contributed by atoms with Crippen LogP contribution < -0.4 is 10.6 Å². The van der Waals surface area contributed by atoms with E-state index in [1.54, 1.807) is 19.1 Å². The van der Waals surface area contributed by atoms with Crippen LogP contribution in [0.5, 0.6) is 0 Å². The summed E-state index contributed by atoms with van der Waals surface area (Å²) in [4.78, 5) is 52.1. The number of rotatable bonds is 7. The Labute approximate surface area is 198 Å². The maximum atomic E-state index is 13.0. The Hall–Kier alpha value is -2.62. The fraction of sp³-hybridized carbons (Fsp3) is 0.333. The molecule has 32 heavy (non-hydrogen) atoms. The molecular formula is C21H21Cl2N3O5S. The minimum atomic E-state index is -1.40. The fourth-order valence-electron chi connectivity index (χ4n) is 3.22. The monoisotopic (exact) mass is 497 g/mol. The highest BCUT2D eigenvalue weighted by molar-refractivity contribution is 7.16. The molecule has 2 aromatic rings. The van der Waals surface area contributed by atoms with Gasteiger partial charge in [-0.2, -0.15) is 0 Å². The third-order valence-electron chi connectivity index (χ3n) is 4.95. The lowest BCUT2D eigenvalue weighted by Crippen LogP contribution is -2.42. The number of halogens is 2. The van der Waals surface area contributed by atoms with Gasteiger partial charge in [0, 0.05) is 4.88 Å². The van der Waals surface area contributed by atoms with Gasteiger partial charge < -0.3 is 15.4 Å². The van der Waals surface area contributed by atoms with E-state index >= 15 is 0 Å². The second-order valence-electron chi connectivity index (χ2n) is 7.15. The number of thiophene rings is 1. The highest BCUT2D eigenvalue weighted by atomic mass is 35.5. The van der Waals surface area contributed by atoms with Crippen molar-refractivity contribution in [3.63, 3.8) is 0 Å². The molecule has 1 fully saturated rings. The standard InChI is InChI=1S/C21H21Cl2N3O5S/c1-4-12-9-13(18(28)31-5-2)17(32-12)24-16(27)10-26-19(29)21(3,25-20(26)30)11-6-7-14(22)15(23)8-11/h6-9H,4-5,10H2,1-3H3,(H,24,27)(H,25,30). The summed E-state index contributed by atoms with van der Waals surface area (Å²) < 4.78 is 5.04. The molecule has 1 atom stereocenters. The zero-order valence-electron chi connectivity index (χ0n) is 17.6. The molecule has 0 aliphatic carbocycles. The van der Waals surface area contributed by atoms with Crippen molar-refractivity contribution < 1.29 is 23.9 Å². The van der Waals surface area contributed by atoms with Crippen molar-refractivity contribution in [2.24, 2.45) is 0 Å². The number of benzene rings is 1. The van der Waals surface area contributed by atoms with Gasteiger partial charge in [0.1, 0.15) is 17.1 Å². The summed E-state index contributed by atoms with van der Waals surface area (Å²) in [6.45, 7) is 4.80. The molecule has 4 amide bonds. The molecule has 0 radical (unpaired) electrons. The van der Waals surface area contributed by atoms with Gasteiger partial charge in [-0.3, -0.25) is 14.5 Å². The second-order valence-corrected chi connectivity index (χ2v) is 9.10. The van der Waals surface area contributed by atoms with Gasteiger partial charge in [-0.25, -0.2) is 9.59 Å². The van der Waals surface area contributed by atoms with Crippen LogP contribution in [0.25, 0.3) is 0 Å². The molecule has 0 bridgehead atoms. The number of ether oxygens (including phenoxy) is 1. The number of carbonyl (C=O) groups excluding carboxylic acids is 4. The quantitative estimate of drug-likeness (QED) is 0.440. The largest absolute Gasteiger partial charge is 0.462 e. The Balaban J connectivity index is 1.78. The molecule has 1 aliphatic heterocycles. The number of anilines is 1. The van der Waals surface area contributed by atoms with Crippen LogP contribution >= 0.6 is 34.5 Å². The Morgan fingerprint density at radius 1 is 1.19 bits per heavy atom. The molecule has 2 heterocycles. The first-order valence-corrected chi connectivity index (χ1v) is 11.4. The average molecular weight is 498 g/mol. The highest BCUT2D eigenvalue weighted by Gasteiger charge is 2.49. The predicted octanol–water partition coefficient (Wildman–Crippen LogP) is 4.20. The molecule has 1 saturated heterocycles. The predicted molar refractivity (Wildman–Crippen MR) is 122 cm³/mol. The molecule has 1 aliphatic rings. The van der Waals surface area contributed by atoms with E-state index < -0.39 is 35.9 Å². The number of amides is 4. The summed E-state index contributed by atoms with van der Waals surface area (Å²) in [6.07, 6.45) is 0.669. The summed E-state index contributed by atoms with van der Waals surface area (Å²) >= 11 is 13.2. The number of imide groups is 1. The van der Waals surface area contributed by atoms with Crippen LogP contribution in [-0.4, -0.2) is 41.9 Å². The van der Waals surface area contributed by atoms with E-state index in [-0.39, 0.29) is 17.2 Å². The Bertz CT molecular complexity index is 1100. The molecule has 1 unspecified atom stereocenters. The number of hydrogen-bond acceptors (Lipinski definition) is 6. The van der Waals surface area contributed by atoms with E-state index in [0.717, 1.165) is 9.78 Å². The molecule has 3 rings (SSSR count). The van der Waals surface area contributed by atoms with Crippen molar-refractivity contribution in [3.05, 3.63) is 50.3 Å². The lowest BCUT2D eigenvalue weighted by atomic mass is 9.92. The zero-order chi connectivity index (χ0) is 23.6. The molecule has 2 N–H and O–H groups in total. The zero-order valence-corrected chi connectivity index (χ0v) is 19.9. The first kappa shape index (κ1) is 24.0. The van der Waals surface area contributed by atoms with Crippen LogP contribution in [0.3, 0.4) is 0 Å². The molecule has 0 spiro atoms. The summed E-state index contributed by atoms with van der Waals surface area (Å²) in [7, 11) is 0. The van der Waals surface area contributed by atoms with E-state index in [0.29, 0.717) is 22.0 Å². The third-order valence-corrected chi connectivity index (χ3v) is 6.89. The lowest BCUT2D eigenvalue weighted by molar-refractivity contribution is -0.133. The number of aryl methyl sites for hydroxylation is 1. The van der Waals surface area contributed by atoms with E-state index in [4.69, 9.17) is 27.9 Å². The second kappa shape index (κ2) is 9.48. The number of carbonyl (C=O) groups is 4. The van der Waals surface area contributed by atoms with E-state index in [2.05, 4.69) is 10.6 Å². The molecule has 170 valence electrons. The van der Waals surface area contributed by atoms with Crippen LogP contribution in [-0.2, 0) is 26.3 Å². The Morgan fingerprint density at radius 2 is 1.91 bits per heavy atom. The minimum absolute atomic E-state index is 0.194. The van der Waals surface area contributed by atoms with Crippen molar-refractivity contribution in [2.75, 3.05) is 18.5 Å². The molecule has 1 aromatic heterocycles. The van der Waals surface area contributed by atoms with Crippen LogP contribution in [0.1, 0.15) is 41.6 Å². The SMILES string of the molecule is CCOC(=O)c1cc(CC)sc1NC(=O)CN1C(=O)NC(C)(c2ccc(Cl)c(Cl)c2)C1=O. The highest BCUT2D eigenvalue weighted by Crippen LogP contribution is 2.33. The summed E-state index contributed by atoms with van der Waals surface area (Å²) in [5, 5.41) is 6.09. The van der Waals surface area contributed by atoms with Gasteiger partial charge in [0.25, 0.3) is 5.91 Å². The van der Waals surface area contributed by atoms with E-state index in [9.17, 15) is 19.2 Å². The van der Waals surface area contributed by atoms with Crippen LogP contribution in [0, 0.1) is 0 Å². The minimum Gasteiger partial charge on any atom is -0.462 e. The fourth-order valence-corrected chi connectivity index (χ4v) is 4.52. The number of urea groups is 1. The molecular weight excluding hydrogens is 477 g/mol. The van der Waals surface area contributed by atoms with Gasteiger partial charge in [0.05, 0.1) is 22.2 Å². The number of nitrogens with zero attached hydrogens (tertiary/aromatic N) is 1.